The molecule has 0 amide bonds. The Balaban J connectivity index is 2.01. The monoisotopic (exact) mass is 355 g/mol. The van der Waals surface area contributed by atoms with Gasteiger partial charge >= 0.3 is 12.1 Å². The molecule has 6 heteroatoms. The summed E-state index contributed by atoms with van der Waals surface area (Å²) in [4.78, 5) is 13.2. The van der Waals surface area contributed by atoms with Crippen LogP contribution in [0, 0.1) is 0 Å². The van der Waals surface area contributed by atoms with Gasteiger partial charge in [0.2, 0.25) is 0 Å². The molecule has 0 N–H and O–H groups in total. The van der Waals surface area contributed by atoms with Gasteiger partial charge in [0.05, 0.1) is 0 Å². The van der Waals surface area contributed by atoms with Gasteiger partial charge in [-0.3, -0.25) is 0 Å². The van der Waals surface area contributed by atoms with E-state index in [4.69, 9.17) is 0 Å². The molecule has 24 heavy (non-hydrogen) atoms. The van der Waals surface area contributed by atoms with Crippen LogP contribution in [0.3, 0.4) is 0 Å². The quantitative estimate of drug-likeness (QED) is 0.588. The van der Waals surface area contributed by atoms with Crippen molar-refractivity contribution in [3.63, 3.8) is 0 Å². The van der Waals surface area contributed by atoms with Gasteiger partial charge in [-0.2, -0.15) is 13.2 Å². The number of hydrogen-bond donors (Lipinski definition) is 0. The van der Waals surface area contributed by atoms with Crippen LogP contribution in [-0.4, -0.2) is 30.3 Å². The number of ether oxygens (including phenoxy) is 1. The molecular weight excluding hydrogens is 337 g/mol. The summed E-state index contributed by atoms with van der Waals surface area (Å²) >= 11 is 0. The van der Waals surface area contributed by atoms with Crippen LogP contribution in [0.4, 0.5) is 13.2 Å². The number of rotatable bonds is 3. The van der Waals surface area contributed by atoms with Crippen molar-refractivity contribution >= 4 is 27.6 Å². The Kier molecular flexibility index (Phi) is 5.04. The zero-order valence-electron chi connectivity index (χ0n) is 13.1. The van der Waals surface area contributed by atoms with Gasteiger partial charge in [-0.05, 0) is 36.8 Å². The van der Waals surface area contributed by atoms with Crippen molar-refractivity contribution in [2.75, 3.05) is 18.1 Å². The Hall–Kier alpha value is -1.69. The Morgan fingerprint density at radius 3 is 2.46 bits per heavy atom. The van der Waals surface area contributed by atoms with Crippen LogP contribution >= 0.6 is 0 Å². The maximum absolute atomic E-state index is 12.4. The Bertz CT molecular complexity index is 737. The van der Waals surface area contributed by atoms with E-state index in [1.54, 1.807) is 12.1 Å². The SMILES string of the molecule is O=C(OCC(F)(F)F)c1ccc2ccccc2c1[S+]1CCCCC1. The van der Waals surface area contributed by atoms with E-state index in [1.165, 1.54) is 6.42 Å². The van der Waals surface area contributed by atoms with Crippen LogP contribution in [0.1, 0.15) is 29.6 Å². The van der Waals surface area contributed by atoms with E-state index in [0.29, 0.717) is 0 Å². The van der Waals surface area contributed by atoms with Crippen LogP contribution < -0.4 is 0 Å². The highest BCUT2D eigenvalue weighted by atomic mass is 32.2. The van der Waals surface area contributed by atoms with Gasteiger partial charge < -0.3 is 4.74 Å². The fourth-order valence-electron chi connectivity index (χ4n) is 2.98. The van der Waals surface area contributed by atoms with E-state index in [1.807, 2.05) is 24.3 Å². The number of carbonyl (C=O) groups is 1. The molecule has 0 unspecified atom stereocenters. The minimum Gasteiger partial charge on any atom is -0.452 e. The average molecular weight is 355 g/mol. The molecule has 2 aromatic carbocycles. The molecule has 1 fully saturated rings. The molecule has 1 aliphatic rings. The Morgan fingerprint density at radius 2 is 1.75 bits per heavy atom. The highest BCUT2D eigenvalue weighted by Gasteiger charge is 2.35. The van der Waals surface area contributed by atoms with Crippen LogP contribution in [0.5, 0.6) is 0 Å². The lowest BCUT2D eigenvalue weighted by Crippen LogP contribution is -2.24. The molecule has 0 bridgehead atoms. The van der Waals surface area contributed by atoms with E-state index < -0.39 is 18.8 Å². The minimum atomic E-state index is -4.51. The van der Waals surface area contributed by atoms with Gasteiger partial charge in [0.25, 0.3) is 0 Å². The number of halogens is 3. The van der Waals surface area contributed by atoms with Crippen molar-refractivity contribution in [1.29, 1.82) is 0 Å². The van der Waals surface area contributed by atoms with Crippen molar-refractivity contribution in [3.8, 4) is 0 Å². The lowest BCUT2D eigenvalue weighted by atomic mass is 10.1. The summed E-state index contributed by atoms with van der Waals surface area (Å²) in [5.41, 5.74) is 0.281. The Morgan fingerprint density at radius 1 is 1.04 bits per heavy atom. The summed E-state index contributed by atoms with van der Waals surface area (Å²) in [5.74, 6) is 1.08. The highest BCUT2D eigenvalue weighted by molar-refractivity contribution is 7.97. The first-order valence-corrected chi connectivity index (χ1v) is 9.45. The van der Waals surface area contributed by atoms with Gasteiger partial charge in [0.1, 0.15) is 17.1 Å². The summed E-state index contributed by atoms with van der Waals surface area (Å²) in [7, 11) is -0.122. The molecule has 2 nitrogen and oxygen atoms in total. The second-order valence-electron chi connectivity index (χ2n) is 5.82. The zero-order valence-corrected chi connectivity index (χ0v) is 13.9. The molecule has 0 spiro atoms. The van der Waals surface area contributed by atoms with Crippen LogP contribution in [0.2, 0.25) is 0 Å². The molecule has 0 radical (unpaired) electrons. The summed E-state index contributed by atoms with van der Waals surface area (Å²) in [6.07, 6.45) is -1.17. The maximum atomic E-state index is 12.4. The van der Waals surface area contributed by atoms with Crippen molar-refractivity contribution in [3.05, 3.63) is 42.0 Å². The van der Waals surface area contributed by atoms with Gasteiger partial charge in [-0.15, -0.1) is 0 Å². The molecule has 128 valence electrons. The van der Waals surface area contributed by atoms with Crippen molar-refractivity contribution in [1.82, 2.24) is 0 Å². The van der Waals surface area contributed by atoms with E-state index >= 15 is 0 Å². The smallest absolute Gasteiger partial charge is 0.422 e. The van der Waals surface area contributed by atoms with Crippen LogP contribution in [-0.2, 0) is 15.6 Å². The number of esters is 1. The first-order chi connectivity index (χ1) is 11.5. The number of carbonyl (C=O) groups excluding carboxylic acids is 1. The zero-order chi connectivity index (χ0) is 17.2. The lowest BCUT2D eigenvalue weighted by molar-refractivity contribution is -0.161. The number of benzene rings is 2. The van der Waals surface area contributed by atoms with Gasteiger partial charge in [-0.25, -0.2) is 4.79 Å². The fourth-order valence-corrected chi connectivity index (χ4v) is 5.65. The number of hydrogen-bond acceptors (Lipinski definition) is 2. The number of fused-ring (bicyclic) bond motifs is 1. The molecule has 0 atom stereocenters. The molecular formula is C18H18F3O2S+. The summed E-state index contributed by atoms with van der Waals surface area (Å²) in [6.45, 7) is -1.55. The largest absolute Gasteiger partial charge is 0.452 e. The predicted molar refractivity (Wildman–Crippen MR) is 89.5 cm³/mol. The van der Waals surface area contributed by atoms with Crippen LogP contribution in [0.25, 0.3) is 10.8 Å². The van der Waals surface area contributed by atoms with Gasteiger partial charge in [0, 0.05) is 16.3 Å². The molecule has 1 heterocycles. The van der Waals surface area contributed by atoms with E-state index in [0.717, 1.165) is 40.0 Å². The van der Waals surface area contributed by atoms with Crippen LogP contribution in [0.15, 0.2) is 41.3 Å². The van der Waals surface area contributed by atoms with Gasteiger partial charge in [-0.1, -0.05) is 24.3 Å². The average Bonchev–Trinajstić information content (AvgIpc) is 2.58. The van der Waals surface area contributed by atoms with E-state index in [9.17, 15) is 18.0 Å². The third-order valence-corrected chi connectivity index (χ3v) is 6.62. The molecule has 0 saturated carbocycles. The standard InChI is InChI=1S/C18H18F3O2S/c19-18(20,21)12-23-17(22)15-9-8-13-6-2-3-7-14(13)16(15)24-10-4-1-5-11-24/h2-3,6-9H,1,4-5,10-12H2/q+1. The Labute approximate surface area is 141 Å². The third-order valence-electron chi connectivity index (χ3n) is 4.04. The molecule has 1 saturated heterocycles. The second-order valence-corrected chi connectivity index (χ2v) is 8.03. The summed E-state index contributed by atoms with van der Waals surface area (Å²) in [6, 6.07) is 11.1. The van der Waals surface area contributed by atoms with Crippen molar-refractivity contribution in [2.24, 2.45) is 0 Å². The summed E-state index contributed by atoms with van der Waals surface area (Å²) in [5, 5.41) is 1.95. The van der Waals surface area contributed by atoms with E-state index in [2.05, 4.69) is 4.74 Å². The minimum absolute atomic E-state index is 0.122. The maximum Gasteiger partial charge on any atom is 0.422 e. The second kappa shape index (κ2) is 7.05. The first kappa shape index (κ1) is 17.1. The van der Waals surface area contributed by atoms with Gasteiger partial charge in [0.15, 0.2) is 11.5 Å². The molecule has 0 aliphatic carbocycles. The molecule has 2 aromatic rings. The normalized spacial score (nSPS) is 16.3. The molecule has 0 aromatic heterocycles. The topological polar surface area (TPSA) is 26.3 Å². The lowest BCUT2D eigenvalue weighted by Gasteiger charge is -2.17. The molecule has 3 rings (SSSR count). The fraction of sp³-hybridized carbons (Fsp3) is 0.389. The number of alkyl halides is 3. The third kappa shape index (κ3) is 3.86. The van der Waals surface area contributed by atoms with Crippen molar-refractivity contribution in [2.45, 2.75) is 30.3 Å². The first-order valence-electron chi connectivity index (χ1n) is 7.89. The predicted octanol–water partition coefficient (Wildman–Crippen LogP) is 4.72. The highest BCUT2D eigenvalue weighted by Crippen LogP contribution is 2.33. The van der Waals surface area contributed by atoms with Crippen molar-refractivity contribution < 1.29 is 22.7 Å². The summed E-state index contributed by atoms with van der Waals surface area (Å²) < 4.78 is 41.6. The molecule has 1 aliphatic heterocycles. The van der Waals surface area contributed by atoms with E-state index in [-0.39, 0.29) is 16.5 Å².